The third-order valence-electron chi connectivity index (χ3n) is 2.84. The number of carbonyl (C=O) groups is 1. The summed E-state index contributed by atoms with van der Waals surface area (Å²) in [6, 6.07) is 9.34. The van der Waals surface area contributed by atoms with Crippen LogP contribution in [0.4, 0.5) is 0 Å². The molecule has 0 aliphatic heterocycles. The Labute approximate surface area is 121 Å². The van der Waals surface area contributed by atoms with Gasteiger partial charge < -0.3 is 14.6 Å². The topological polar surface area (TPSA) is 55.8 Å². The first-order valence-electron chi connectivity index (χ1n) is 6.13. The Morgan fingerprint density at radius 1 is 1.30 bits per heavy atom. The van der Waals surface area contributed by atoms with Gasteiger partial charge in [-0.2, -0.15) is 0 Å². The van der Waals surface area contributed by atoms with Crippen LogP contribution in [0.3, 0.4) is 0 Å². The smallest absolute Gasteiger partial charge is 0.345 e. The summed E-state index contributed by atoms with van der Waals surface area (Å²) in [4.78, 5) is 12.2. The summed E-state index contributed by atoms with van der Waals surface area (Å²) in [5.74, 6) is -0.145. The first kappa shape index (κ1) is 14.6. The van der Waals surface area contributed by atoms with Gasteiger partial charge in [-0.05, 0) is 30.7 Å². The maximum atomic E-state index is 10.9. The summed E-state index contributed by atoms with van der Waals surface area (Å²) in [5.41, 5.74) is 1.95. The number of carboxylic acids is 1. The molecule has 1 aromatic heterocycles. The molecule has 0 fully saturated rings. The van der Waals surface area contributed by atoms with Crippen molar-refractivity contribution in [3.63, 3.8) is 0 Å². The molecule has 0 saturated heterocycles. The molecule has 0 aliphatic rings. The number of carboxylic acid groups (broad SMARTS) is 1. The second-order valence-corrected chi connectivity index (χ2v) is 5.62. The maximum Gasteiger partial charge on any atom is 0.345 e. The number of benzene rings is 1. The van der Waals surface area contributed by atoms with Gasteiger partial charge in [-0.1, -0.05) is 12.1 Å². The molecule has 0 radical (unpaired) electrons. The van der Waals surface area contributed by atoms with Crippen molar-refractivity contribution < 1.29 is 19.4 Å². The van der Waals surface area contributed by atoms with Crippen molar-refractivity contribution in [3.05, 3.63) is 51.2 Å². The molecule has 0 aliphatic carbocycles. The van der Waals surface area contributed by atoms with Crippen LogP contribution >= 0.6 is 11.3 Å². The highest BCUT2D eigenvalue weighted by molar-refractivity contribution is 7.14. The fraction of sp³-hybridized carbons (Fsp3) is 0.267. The van der Waals surface area contributed by atoms with Crippen molar-refractivity contribution in [2.75, 3.05) is 7.11 Å². The number of ether oxygens (including phenoxy) is 2. The Bertz CT molecular complexity index is 604. The normalized spacial score (nSPS) is 10.5. The van der Waals surface area contributed by atoms with Gasteiger partial charge in [-0.25, -0.2) is 4.79 Å². The second kappa shape index (κ2) is 6.54. The zero-order chi connectivity index (χ0) is 14.5. The Hall–Kier alpha value is -1.85. The van der Waals surface area contributed by atoms with Crippen LogP contribution in [0.25, 0.3) is 0 Å². The number of hydrogen-bond donors (Lipinski definition) is 1. The van der Waals surface area contributed by atoms with E-state index in [-0.39, 0.29) is 0 Å². The van der Waals surface area contributed by atoms with E-state index < -0.39 is 5.97 Å². The zero-order valence-corrected chi connectivity index (χ0v) is 12.2. The third-order valence-corrected chi connectivity index (χ3v) is 3.92. The lowest BCUT2D eigenvalue weighted by atomic mass is 10.2. The molecule has 0 atom stereocenters. The average Bonchev–Trinajstić information content (AvgIpc) is 2.79. The van der Waals surface area contributed by atoms with Gasteiger partial charge >= 0.3 is 5.97 Å². The Morgan fingerprint density at radius 2 is 2.10 bits per heavy atom. The van der Waals surface area contributed by atoms with Gasteiger partial charge in [0.15, 0.2) is 0 Å². The lowest BCUT2D eigenvalue weighted by Gasteiger charge is -2.07. The molecule has 5 heteroatoms. The van der Waals surface area contributed by atoms with E-state index in [0.29, 0.717) is 18.1 Å². The molecule has 2 rings (SSSR count). The molecule has 1 aromatic carbocycles. The monoisotopic (exact) mass is 292 g/mol. The summed E-state index contributed by atoms with van der Waals surface area (Å²) >= 11 is 1.27. The molecule has 20 heavy (non-hydrogen) atoms. The van der Waals surface area contributed by atoms with Crippen molar-refractivity contribution in [1.29, 1.82) is 0 Å². The lowest BCUT2D eigenvalue weighted by molar-refractivity contribution is 0.0702. The second-order valence-electron chi connectivity index (χ2n) is 4.37. The minimum Gasteiger partial charge on any atom is -0.489 e. The summed E-state index contributed by atoms with van der Waals surface area (Å²) < 4.78 is 10.8. The highest BCUT2D eigenvalue weighted by Gasteiger charge is 2.11. The Balaban J connectivity index is 2.05. The quantitative estimate of drug-likeness (QED) is 0.885. The number of methoxy groups -OCH3 is 1. The molecule has 2 aromatic rings. The molecule has 0 saturated carbocycles. The number of hydrogen-bond acceptors (Lipinski definition) is 4. The standard InChI is InChI=1S/C15H16O4S/c1-10-12(7-14(20-10)15(16)17)9-19-13-5-3-4-11(6-13)8-18-2/h3-7H,8-9H2,1-2H3,(H,16,17). The largest absolute Gasteiger partial charge is 0.489 e. The van der Waals surface area contributed by atoms with Crippen molar-refractivity contribution in [2.45, 2.75) is 20.1 Å². The molecule has 0 unspecified atom stereocenters. The third kappa shape index (κ3) is 3.59. The molecular formula is C15H16O4S. The minimum atomic E-state index is -0.897. The van der Waals surface area contributed by atoms with Gasteiger partial charge in [0, 0.05) is 17.6 Å². The average molecular weight is 292 g/mol. The van der Waals surface area contributed by atoms with Gasteiger partial charge in [-0.3, -0.25) is 0 Å². The van der Waals surface area contributed by atoms with E-state index in [0.717, 1.165) is 21.8 Å². The van der Waals surface area contributed by atoms with Crippen molar-refractivity contribution in [1.82, 2.24) is 0 Å². The van der Waals surface area contributed by atoms with Gasteiger partial charge in [0.2, 0.25) is 0 Å². The number of thiophene rings is 1. The fourth-order valence-corrected chi connectivity index (χ4v) is 2.69. The first-order chi connectivity index (χ1) is 9.60. The van der Waals surface area contributed by atoms with E-state index in [1.54, 1.807) is 13.2 Å². The Kier molecular flexibility index (Phi) is 4.76. The zero-order valence-electron chi connectivity index (χ0n) is 11.4. The van der Waals surface area contributed by atoms with E-state index in [1.807, 2.05) is 31.2 Å². The predicted octanol–water partition coefficient (Wildman–Crippen LogP) is 3.48. The highest BCUT2D eigenvalue weighted by atomic mass is 32.1. The lowest BCUT2D eigenvalue weighted by Crippen LogP contribution is -1.97. The van der Waals surface area contributed by atoms with Crippen LogP contribution in [0.15, 0.2) is 30.3 Å². The molecule has 0 spiro atoms. The molecule has 1 N–H and O–H groups in total. The highest BCUT2D eigenvalue weighted by Crippen LogP contribution is 2.23. The maximum absolute atomic E-state index is 10.9. The van der Waals surface area contributed by atoms with Crippen LogP contribution in [0.2, 0.25) is 0 Å². The molecule has 4 nitrogen and oxygen atoms in total. The van der Waals surface area contributed by atoms with E-state index in [9.17, 15) is 4.79 Å². The van der Waals surface area contributed by atoms with Crippen molar-refractivity contribution in [3.8, 4) is 5.75 Å². The van der Waals surface area contributed by atoms with Crippen LogP contribution in [-0.2, 0) is 18.0 Å². The van der Waals surface area contributed by atoms with Crippen LogP contribution < -0.4 is 4.74 Å². The van der Waals surface area contributed by atoms with Crippen LogP contribution in [0, 0.1) is 6.92 Å². The number of aryl methyl sites for hydroxylation is 1. The fourth-order valence-electron chi connectivity index (χ4n) is 1.82. The van der Waals surface area contributed by atoms with Gasteiger partial charge in [0.05, 0.1) is 6.61 Å². The van der Waals surface area contributed by atoms with Crippen LogP contribution in [0.1, 0.15) is 25.7 Å². The van der Waals surface area contributed by atoms with Gasteiger partial charge in [0.1, 0.15) is 17.2 Å². The SMILES string of the molecule is COCc1cccc(OCc2cc(C(=O)O)sc2C)c1. The molecular weight excluding hydrogens is 276 g/mol. The van der Waals surface area contributed by atoms with Crippen molar-refractivity contribution in [2.24, 2.45) is 0 Å². The summed E-state index contributed by atoms with van der Waals surface area (Å²) in [6.45, 7) is 2.81. The number of aromatic carboxylic acids is 1. The first-order valence-corrected chi connectivity index (χ1v) is 6.95. The molecule has 1 heterocycles. The predicted molar refractivity (Wildman–Crippen MR) is 77.5 cm³/mol. The van der Waals surface area contributed by atoms with E-state index in [4.69, 9.17) is 14.6 Å². The van der Waals surface area contributed by atoms with Gasteiger partial charge in [-0.15, -0.1) is 11.3 Å². The van der Waals surface area contributed by atoms with Crippen LogP contribution in [0.5, 0.6) is 5.75 Å². The van der Waals surface area contributed by atoms with E-state index >= 15 is 0 Å². The number of rotatable bonds is 6. The van der Waals surface area contributed by atoms with Gasteiger partial charge in [0.25, 0.3) is 0 Å². The molecule has 0 bridgehead atoms. The summed E-state index contributed by atoms with van der Waals surface area (Å²) in [7, 11) is 1.65. The molecule has 106 valence electrons. The van der Waals surface area contributed by atoms with Crippen LogP contribution in [-0.4, -0.2) is 18.2 Å². The summed E-state index contributed by atoms with van der Waals surface area (Å²) in [5, 5.41) is 8.96. The summed E-state index contributed by atoms with van der Waals surface area (Å²) in [6.07, 6.45) is 0. The minimum absolute atomic E-state index is 0.342. The Morgan fingerprint density at radius 3 is 2.75 bits per heavy atom. The van der Waals surface area contributed by atoms with E-state index in [2.05, 4.69) is 0 Å². The van der Waals surface area contributed by atoms with E-state index in [1.165, 1.54) is 11.3 Å². The van der Waals surface area contributed by atoms with Crippen molar-refractivity contribution >= 4 is 17.3 Å². The molecule has 0 amide bonds.